The molecular formula is C15H23N3O. The molecule has 3 N–H and O–H groups in total. The van der Waals surface area contributed by atoms with E-state index in [-0.39, 0.29) is 11.4 Å². The van der Waals surface area contributed by atoms with Crippen molar-refractivity contribution in [1.29, 1.82) is 0 Å². The predicted octanol–water partition coefficient (Wildman–Crippen LogP) is 1.79. The normalized spacial score (nSPS) is 17.1. The summed E-state index contributed by atoms with van der Waals surface area (Å²) >= 11 is 0. The number of carbonyl (C=O) groups is 1. The summed E-state index contributed by atoms with van der Waals surface area (Å²) in [5.74, 6) is -0.0174. The van der Waals surface area contributed by atoms with Crippen molar-refractivity contribution in [3.05, 3.63) is 29.3 Å². The second kappa shape index (κ2) is 5.21. The maximum Gasteiger partial charge on any atom is 0.251 e. The average Bonchev–Trinajstić information content (AvgIpc) is 2.30. The number of nitrogens with one attached hydrogen (secondary N) is 1. The first-order valence-electron chi connectivity index (χ1n) is 6.76. The second-order valence-electron chi connectivity index (χ2n) is 5.73. The molecule has 104 valence electrons. The fraction of sp³-hybridized carbons (Fsp3) is 0.533. The van der Waals surface area contributed by atoms with Gasteiger partial charge < -0.3 is 16.0 Å². The van der Waals surface area contributed by atoms with E-state index >= 15 is 0 Å². The summed E-state index contributed by atoms with van der Waals surface area (Å²) in [7, 11) is 4.16. The Kier molecular flexibility index (Phi) is 3.80. The minimum atomic E-state index is -0.0174. The van der Waals surface area contributed by atoms with Gasteiger partial charge in [-0.1, -0.05) is 0 Å². The number of rotatable bonds is 4. The van der Waals surface area contributed by atoms with Crippen LogP contribution in [0.3, 0.4) is 0 Å². The molecular weight excluding hydrogens is 238 g/mol. The van der Waals surface area contributed by atoms with Crippen molar-refractivity contribution in [1.82, 2.24) is 10.2 Å². The van der Waals surface area contributed by atoms with Crippen LogP contribution in [0.15, 0.2) is 18.2 Å². The van der Waals surface area contributed by atoms with Crippen molar-refractivity contribution in [2.45, 2.75) is 31.7 Å². The highest BCUT2D eigenvalue weighted by atomic mass is 16.1. The lowest BCUT2D eigenvalue weighted by atomic mass is 9.75. The third-order valence-corrected chi connectivity index (χ3v) is 4.34. The number of nitrogens with two attached hydrogens (primary N) is 1. The van der Waals surface area contributed by atoms with Crippen molar-refractivity contribution < 1.29 is 4.79 Å². The van der Waals surface area contributed by atoms with Gasteiger partial charge in [0.15, 0.2) is 0 Å². The van der Waals surface area contributed by atoms with Crippen LogP contribution < -0.4 is 11.1 Å². The molecule has 0 radical (unpaired) electrons. The maximum absolute atomic E-state index is 12.1. The van der Waals surface area contributed by atoms with Crippen LogP contribution in [-0.2, 0) is 0 Å². The standard InChI is InChI=1S/C15H23N3O/c1-11-9-12(5-6-13(11)16)14(19)17-10-15(18(2)3)7-4-8-15/h5-6,9H,4,7-8,10,16H2,1-3H3,(H,17,19). The van der Waals surface area contributed by atoms with Crippen LogP contribution in [0.25, 0.3) is 0 Å². The summed E-state index contributed by atoms with van der Waals surface area (Å²) in [6.07, 6.45) is 3.55. The Labute approximate surface area is 115 Å². The first-order valence-corrected chi connectivity index (χ1v) is 6.76. The molecule has 0 atom stereocenters. The molecule has 0 aliphatic heterocycles. The largest absolute Gasteiger partial charge is 0.399 e. The van der Waals surface area contributed by atoms with Gasteiger partial charge in [0, 0.05) is 23.3 Å². The van der Waals surface area contributed by atoms with Gasteiger partial charge in [0.2, 0.25) is 0 Å². The monoisotopic (exact) mass is 261 g/mol. The lowest BCUT2D eigenvalue weighted by molar-refractivity contribution is 0.0557. The summed E-state index contributed by atoms with van der Waals surface area (Å²) in [5, 5.41) is 3.05. The number of benzene rings is 1. The van der Waals surface area contributed by atoms with Crippen molar-refractivity contribution in [2.75, 3.05) is 26.4 Å². The van der Waals surface area contributed by atoms with Crippen molar-refractivity contribution in [3.63, 3.8) is 0 Å². The van der Waals surface area contributed by atoms with E-state index in [1.165, 1.54) is 6.42 Å². The Balaban J connectivity index is 1.99. The molecule has 1 amide bonds. The van der Waals surface area contributed by atoms with E-state index < -0.39 is 0 Å². The number of likely N-dealkylation sites (N-methyl/N-ethyl adjacent to an activating group) is 1. The summed E-state index contributed by atoms with van der Waals surface area (Å²) in [6, 6.07) is 5.41. The van der Waals surface area contributed by atoms with Gasteiger partial charge in [-0.25, -0.2) is 0 Å². The van der Waals surface area contributed by atoms with Gasteiger partial charge in [-0.3, -0.25) is 4.79 Å². The van der Waals surface area contributed by atoms with Crippen LogP contribution in [0.1, 0.15) is 35.2 Å². The Morgan fingerprint density at radius 1 is 1.42 bits per heavy atom. The van der Waals surface area contributed by atoms with Gasteiger partial charge in [0.25, 0.3) is 5.91 Å². The molecule has 0 saturated heterocycles. The van der Waals surface area contributed by atoms with Crippen molar-refractivity contribution in [3.8, 4) is 0 Å². The molecule has 4 nitrogen and oxygen atoms in total. The molecule has 1 aliphatic rings. The van der Waals surface area contributed by atoms with Gasteiger partial charge in [-0.15, -0.1) is 0 Å². The molecule has 1 aromatic carbocycles. The van der Waals surface area contributed by atoms with Crippen LogP contribution >= 0.6 is 0 Å². The van der Waals surface area contributed by atoms with Crippen LogP contribution in [0.4, 0.5) is 5.69 Å². The summed E-state index contributed by atoms with van der Waals surface area (Å²) in [6.45, 7) is 2.63. The van der Waals surface area contributed by atoms with E-state index in [9.17, 15) is 4.79 Å². The smallest absolute Gasteiger partial charge is 0.251 e. The zero-order chi connectivity index (χ0) is 14.0. The fourth-order valence-corrected chi connectivity index (χ4v) is 2.53. The van der Waals surface area contributed by atoms with Crippen molar-refractivity contribution in [2.24, 2.45) is 0 Å². The van der Waals surface area contributed by atoms with E-state index in [0.717, 1.165) is 24.1 Å². The molecule has 4 heteroatoms. The van der Waals surface area contributed by atoms with E-state index in [1.54, 1.807) is 12.1 Å². The SMILES string of the molecule is Cc1cc(C(=O)NCC2(N(C)C)CCC2)ccc1N. The average molecular weight is 261 g/mol. The first kappa shape index (κ1) is 13.9. The Hall–Kier alpha value is -1.55. The van der Waals surface area contributed by atoms with Gasteiger partial charge in [0.1, 0.15) is 0 Å². The first-order chi connectivity index (χ1) is 8.94. The highest BCUT2D eigenvalue weighted by molar-refractivity contribution is 5.94. The van der Waals surface area contributed by atoms with Crippen LogP contribution in [-0.4, -0.2) is 37.0 Å². The predicted molar refractivity (Wildman–Crippen MR) is 78.2 cm³/mol. The Morgan fingerprint density at radius 2 is 2.11 bits per heavy atom. The number of nitrogens with zero attached hydrogens (tertiary/aromatic N) is 1. The zero-order valence-corrected chi connectivity index (χ0v) is 12.0. The lowest BCUT2D eigenvalue weighted by Gasteiger charge is -2.47. The molecule has 1 fully saturated rings. The van der Waals surface area contributed by atoms with Crippen LogP contribution in [0, 0.1) is 6.92 Å². The molecule has 19 heavy (non-hydrogen) atoms. The second-order valence-corrected chi connectivity index (χ2v) is 5.73. The number of hydrogen-bond donors (Lipinski definition) is 2. The van der Waals surface area contributed by atoms with E-state index in [2.05, 4.69) is 24.3 Å². The highest BCUT2D eigenvalue weighted by Crippen LogP contribution is 2.35. The molecule has 0 bridgehead atoms. The van der Waals surface area contributed by atoms with Crippen molar-refractivity contribution >= 4 is 11.6 Å². The molecule has 0 unspecified atom stereocenters. The number of amides is 1. The zero-order valence-electron chi connectivity index (χ0n) is 12.0. The number of carbonyl (C=O) groups excluding carboxylic acids is 1. The number of hydrogen-bond acceptors (Lipinski definition) is 3. The van der Waals surface area contributed by atoms with Gasteiger partial charge in [0.05, 0.1) is 0 Å². The Bertz CT molecular complexity index is 478. The number of aryl methyl sites for hydroxylation is 1. The third kappa shape index (κ3) is 2.73. The van der Waals surface area contributed by atoms with E-state index in [1.807, 2.05) is 13.0 Å². The van der Waals surface area contributed by atoms with Crippen LogP contribution in [0.2, 0.25) is 0 Å². The number of nitrogen functional groups attached to an aromatic ring is 1. The number of anilines is 1. The summed E-state index contributed by atoms with van der Waals surface area (Å²) in [4.78, 5) is 14.4. The third-order valence-electron chi connectivity index (χ3n) is 4.34. The van der Waals surface area contributed by atoms with E-state index in [4.69, 9.17) is 5.73 Å². The maximum atomic E-state index is 12.1. The molecule has 1 saturated carbocycles. The van der Waals surface area contributed by atoms with Crippen LogP contribution in [0.5, 0.6) is 0 Å². The van der Waals surface area contributed by atoms with E-state index in [0.29, 0.717) is 12.1 Å². The summed E-state index contributed by atoms with van der Waals surface area (Å²) in [5.41, 5.74) is 8.26. The minimum Gasteiger partial charge on any atom is -0.399 e. The lowest BCUT2D eigenvalue weighted by Crippen LogP contribution is -2.57. The molecule has 1 aromatic rings. The minimum absolute atomic E-state index is 0.0174. The quantitative estimate of drug-likeness (QED) is 0.812. The summed E-state index contributed by atoms with van der Waals surface area (Å²) < 4.78 is 0. The molecule has 0 aromatic heterocycles. The molecule has 0 heterocycles. The molecule has 2 rings (SSSR count). The fourth-order valence-electron chi connectivity index (χ4n) is 2.53. The topological polar surface area (TPSA) is 58.4 Å². The van der Waals surface area contributed by atoms with Gasteiger partial charge >= 0.3 is 0 Å². The molecule has 0 spiro atoms. The highest BCUT2D eigenvalue weighted by Gasteiger charge is 2.39. The van der Waals surface area contributed by atoms with Gasteiger partial charge in [-0.05, 0) is 64.0 Å². The Morgan fingerprint density at radius 3 is 2.58 bits per heavy atom. The molecule has 1 aliphatic carbocycles. The van der Waals surface area contributed by atoms with Gasteiger partial charge in [-0.2, -0.15) is 0 Å².